The van der Waals surface area contributed by atoms with Crippen LogP contribution in [0.1, 0.15) is 0 Å². The highest BCUT2D eigenvalue weighted by molar-refractivity contribution is 7.27. The molecule has 10 aromatic rings. The topological polar surface area (TPSA) is 77.3 Å². The summed E-state index contributed by atoms with van der Waals surface area (Å²) in [5.74, 6) is 3.84. The number of nitrogens with zero attached hydrogens (tertiary/aromatic N) is 6. The van der Waals surface area contributed by atoms with Gasteiger partial charge in [0.15, 0.2) is 34.9 Å². The van der Waals surface area contributed by atoms with E-state index in [4.69, 9.17) is 29.9 Å². The van der Waals surface area contributed by atoms with E-state index in [1.54, 1.807) is 22.7 Å². The van der Waals surface area contributed by atoms with Crippen LogP contribution in [0.25, 0.3) is 120 Å². The van der Waals surface area contributed by atoms with Crippen molar-refractivity contribution in [3.63, 3.8) is 0 Å². The molecule has 0 saturated carbocycles. The summed E-state index contributed by atoms with van der Waals surface area (Å²) in [4.78, 5) is 31.0. The van der Waals surface area contributed by atoms with Crippen molar-refractivity contribution in [3.8, 4) is 79.5 Å². The first-order valence-electron chi connectivity index (χ1n) is 19.0. The van der Waals surface area contributed by atoms with Gasteiger partial charge in [-0.2, -0.15) is 0 Å². The van der Waals surface area contributed by atoms with Gasteiger partial charge < -0.3 is 0 Å². The number of benzene rings is 8. The third-order valence-electron chi connectivity index (χ3n) is 10.7. The van der Waals surface area contributed by atoms with Gasteiger partial charge in [-0.25, -0.2) is 29.9 Å². The third kappa shape index (κ3) is 5.30. The molecule has 58 heavy (non-hydrogen) atoms. The minimum absolute atomic E-state index is 0.638. The molecule has 12 rings (SSSR count). The summed E-state index contributed by atoms with van der Waals surface area (Å²) >= 11 is 3.60. The molecule has 4 heterocycles. The molecule has 2 aliphatic rings. The monoisotopic (exact) mass is 776 g/mol. The van der Waals surface area contributed by atoms with E-state index in [0.717, 1.165) is 53.6 Å². The Morgan fingerprint density at radius 1 is 0.293 bits per heavy atom. The molecule has 2 aliphatic heterocycles. The lowest BCUT2D eigenvalue weighted by atomic mass is 9.89. The second-order valence-corrected chi connectivity index (χ2v) is 16.4. The predicted octanol–water partition coefficient (Wildman–Crippen LogP) is 13.3. The van der Waals surface area contributed by atoms with Crippen molar-refractivity contribution >= 4 is 63.0 Å². The number of hydrogen-bond donors (Lipinski definition) is 0. The first kappa shape index (κ1) is 32.9. The summed E-state index contributed by atoms with van der Waals surface area (Å²) in [5, 5.41) is 4.77. The molecule has 0 spiro atoms. The van der Waals surface area contributed by atoms with Crippen LogP contribution in [0.4, 0.5) is 0 Å². The minimum Gasteiger partial charge on any atom is -0.208 e. The molecule has 0 radical (unpaired) electrons. The molecule has 8 heteroatoms. The van der Waals surface area contributed by atoms with Crippen molar-refractivity contribution in [1.82, 2.24) is 29.9 Å². The lowest BCUT2D eigenvalue weighted by Crippen LogP contribution is -2.03. The average Bonchev–Trinajstić information content (AvgIpc) is 3.30. The summed E-state index contributed by atoms with van der Waals surface area (Å²) in [5.41, 5.74) is 8.12. The van der Waals surface area contributed by atoms with E-state index in [1.807, 2.05) is 72.8 Å². The van der Waals surface area contributed by atoms with Gasteiger partial charge in [0.25, 0.3) is 0 Å². The molecule has 0 bridgehead atoms. The molecule has 0 saturated heterocycles. The van der Waals surface area contributed by atoms with Crippen LogP contribution in [0.3, 0.4) is 0 Å². The van der Waals surface area contributed by atoms with E-state index in [9.17, 15) is 0 Å². The van der Waals surface area contributed by atoms with E-state index in [2.05, 4.69) is 97.1 Å². The van der Waals surface area contributed by atoms with Gasteiger partial charge >= 0.3 is 0 Å². The third-order valence-corrected chi connectivity index (χ3v) is 13.1. The van der Waals surface area contributed by atoms with Crippen LogP contribution in [0.5, 0.6) is 0 Å². The molecule has 270 valence electrons. The van der Waals surface area contributed by atoms with E-state index in [0.29, 0.717) is 34.9 Å². The quantitative estimate of drug-likeness (QED) is 0.124. The lowest BCUT2D eigenvalue weighted by Gasteiger charge is -2.24. The Labute approximate surface area is 340 Å². The Bertz CT molecular complexity index is 3090. The zero-order valence-corrected chi connectivity index (χ0v) is 32.3. The molecule has 0 amide bonds. The highest BCUT2D eigenvalue weighted by Gasteiger charge is 2.28. The maximum atomic E-state index is 5.23. The minimum atomic E-state index is 0.638. The maximum absolute atomic E-state index is 5.23. The average molecular weight is 777 g/mol. The van der Waals surface area contributed by atoms with Gasteiger partial charge in [-0.3, -0.25) is 0 Å². The Balaban J connectivity index is 1.18. The van der Waals surface area contributed by atoms with Gasteiger partial charge in [0.05, 0.1) is 0 Å². The molecule has 2 aromatic heterocycles. The predicted molar refractivity (Wildman–Crippen MR) is 239 cm³/mol. The van der Waals surface area contributed by atoms with E-state index in [-0.39, 0.29) is 0 Å². The molecule has 0 unspecified atom stereocenters. The summed E-state index contributed by atoms with van der Waals surface area (Å²) in [6.45, 7) is 0. The molecule has 0 aliphatic carbocycles. The van der Waals surface area contributed by atoms with Crippen molar-refractivity contribution in [3.05, 3.63) is 170 Å². The standard InChI is InChI=1S/C50H28N6S2/c1-5-15-29(16-6-1)45-51-46(30-17-7-2-8-18-30)54-49(53-45)35-27-33-23-13-26-38-39(33)41-42-40-34(24-14-25-37(40)57-43(35)41)28-36(44(42)58-38)50-55-47(31-19-9-3-10-20-31)52-48(56-50)32-21-11-4-12-22-32/h1-28H. The fraction of sp³-hybridized carbons (Fsp3) is 0. The van der Waals surface area contributed by atoms with Crippen LogP contribution in [0, 0.1) is 0 Å². The molecule has 0 atom stereocenters. The fourth-order valence-corrected chi connectivity index (χ4v) is 10.6. The summed E-state index contributed by atoms with van der Waals surface area (Å²) in [7, 11) is 0. The Hall–Kier alpha value is -7.26. The van der Waals surface area contributed by atoms with E-state index in [1.165, 1.54) is 31.3 Å². The second kappa shape index (κ2) is 13.2. The zero-order chi connectivity index (χ0) is 38.2. The molecule has 0 fully saturated rings. The van der Waals surface area contributed by atoms with Gasteiger partial charge in [-0.1, -0.05) is 146 Å². The van der Waals surface area contributed by atoms with Gasteiger partial charge in [0, 0.05) is 74.1 Å². The highest BCUT2D eigenvalue weighted by Crippen LogP contribution is 2.55. The van der Waals surface area contributed by atoms with Crippen LogP contribution >= 0.6 is 22.7 Å². The molecular weight excluding hydrogens is 749 g/mol. The van der Waals surface area contributed by atoms with Gasteiger partial charge in [-0.15, -0.1) is 22.7 Å². The first-order valence-corrected chi connectivity index (χ1v) is 20.7. The fourth-order valence-electron chi connectivity index (χ4n) is 8.08. The summed E-state index contributed by atoms with van der Waals surface area (Å²) in [6.07, 6.45) is 0. The van der Waals surface area contributed by atoms with Crippen molar-refractivity contribution in [1.29, 1.82) is 0 Å². The second-order valence-electron chi connectivity index (χ2n) is 14.2. The van der Waals surface area contributed by atoms with Gasteiger partial charge in [-0.05, 0) is 35.0 Å². The molecule has 8 aromatic carbocycles. The Morgan fingerprint density at radius 2 is 0.603 bits per heavy atom. The Morgan fingerprint density at radius 3 is 0.931 bits per heavy atom. The smallest absolute Gasteiger partial charge is 0.165 e. The van der Waals surface area contributed by atoms with Crippen molar-refractivity contribution in [2.75, 3.05) is 0 Å². The van der Waals surface area contributed by atoms with Crippen LogP contribution in [0.15, 0.2) is 170 Å². The van der Waals surface area contributed by atoms with Gasteiger partial charge in [0.1, 0.15) is 0 Å². The van der Waals surface area contributed by atoms with Crippen LogP contribution < -0.4 is 0 Å². The van der Waals surface area contributed by atoms with Crippen molar-refractivity contribution in [2.45, 2.75) is 0 Å². The van der Waals surface area contributed by atoms with Crippen LogP contribution in [-0.4, -0.2) is 29.9 Å². The zero-order valence-electron chi connectivity index (χ0n) is 30.7. The van der Waals surface area contributed by atoms with Gasteiger partial charge in [0.2, 0.25) is 0 Å². The molecular formula is C50H28N6S2. The number of aromatic nitrogens is 6. The molecule has 0 N–H and O–H groups in total. The summed E-state index contributed by atoms with van der Waals surface area (Å²) in [6, 6.07) is 58.4. The normalized spacial score (nSPS) is 11.8. The van der Waals surface area contributed by atoms with E-state index < -0.39 is 0 Å². The van der Waals surface area contributed by atoms with Crippen molar-refractivity contribution in [2.24, 2.45) is 0 Å². The lowest BCUT2D eigenvalue weighted by molar-refractivity contribution is 1.08. The molecule has 6 nitrogen and oxygen atoms in total. The first-order chi connectivity index (χ1) is 28.7. The SMILES string of the molecule is c1ccc(-c2nc(-c3ccccc3)nc(-c3cc4cccc5sc6c(-c7nc(-c8ccccc8)nc(-c8ccccc8)n7)cc7cccc8sc3c(c45)-c6c78)n2)cc1. The van der Waals surface area contributed by atoms with Crippen LogP contribution in [0.2, 0.25) is 0 Å². The van der Waals surface area contributed by atoms with Crippen LogP contribution in [-0.2, 0) is 0 Å². The van der Waals surface area contributed by atoms with Crippen molar-refractivity contribution < 1.29 is 0 Å². The number of rotatable bonds is 6. The number of hydrogen-bond acceptors (Lipinski definition) is 8. The van der Waals surface area contributed by atoms with E-state index >= 15 is 0 Å². The highest BCUT2D eigenvalue weighted by atomic mass is 32.1. The summed E-state index contributed by atoms with van der Waals surface area (Å²) < 4.78 is 4.65. The largest absolute Gasteiger partial charge is 0.208 e. The Kier molecular flexibility index (Phi) is 7.47. The maximum Gasteiger partial charge on any atom is 0.165 e.